The second-order valence-electron chi connectivity index (χ2n) is 13.0. The van der Waals surface area contributed by atoms with Crippen molar-refractivity contribution in [1.29, 1.82) is 0 Å². The van der Waals surface area contributed by atoms with Crippen molar-refractivity contribution in [3.63, 3.8) is 0 Å². The highest BCUT2D eigenvalue weighted by molar-refractivity contribution is 5.88. The zero-order valence-electron chi connectivity index (χ0n) is 24.8. The van der Waals surface area contributed by atoms with Crippen LogP contribution in [-0.4, -0.2) is 35.2 Å². The number of ether oxygens (including phenoxy) is 3. The van der Waals surface area contributed by atoms with E-state index in [4.69, 9.17) is 14.2 Å². The van der Waals surface area contributed by atoms with Crippen LogP contribution in [-0.2, 0) is 28.6 Å². The predicted octanol–water partition coefficient (Wildman–Crippen LogP) is 7.13. The first-order valence-electron chi connectivity index (χ1n) is 12.6. The van der Waals surface area contributed by atoms with Gasteiger partial charge < -0.3 is 14.2 Å². The maximum Gasteiger partial charge on any atom is 0.333 e. The van der Waals surface area contributed by atoms with Crippen LogP contribution in [0.4, 0.5) is 0 Å². The molecule has 0 rings (SSSR count). The summed E-state index contributed by atoms with van der Waals surface area (Å²) in [6, 6.07) is 0. The van der Waals surface area contributed by atoms with Gasteiger partial charge in [-0.3, -0.25) is 0 Å². The SMILES string of the molecule is C=C(C)C(=O)OC(C)CC(C(C)(C)CC(C)(C)OC(=O)C(=C)C)C(C)(C)CC(C)(C)OC(=O)C(=C)C. The van der Waals surface area contributed by atoms with Crippen molar-refractivity contribution >= 4 is 17.9 Å². The Balaban J connectivity index is 6.21. The average molecular weight is 507 g/mol. The van der Waals surface area contributed by atoms with Crippen molar-refractivity contribution in [1.82, 2.24) is 0 Å². The predicted molar refractivity (Wildman–Crippen MR) is 145 cm³/mol. The Morgan fingerprint density at radius 1 is 0.639 bits per heavy atom. The lowest BCUT2D eigenvalue weighted by molar-refractivity contribution is -0.161. The van der Waals surface area contributed by atoms with Crippen molar-refractivity contribution in [2.75, 3.05) is 0 Å². The van der Waals surface area contributed by atoms with E-state index in [0.717, 1.165) is 0 Å². The molecule has 6 nitrogen and oxygen atoms in total. The maximum atomic E-state index is 12.3. The molecule has 0 radical (unpaired) electrons. The second-order valence-corrected chi connectivity index (χ2v) is 13.0. The first-order chi connectivity index (χ1) is 15.9. The molecule has 0 heterocycles. The molecule has 0 aliphatic rings. The van der Waals surface area contributed by atoms with Crippen LogP contribution in [0.2, 0.25) is 0 Å². The third-order valence-corrected chi connectivity index (χ3v) is 6.31. The van der Waals surface area contributed by atoms with E-state index in [1.807, 2.05) is 34.6 Å². The van der Waals surface area contributed by atoms with Gasteiger partial charge in [-0.15, -0.1) is 0 Å². The largest absolute Gasteiger partial charge is 0.459 e. The molecule has 0 fully saturated rings. The summed E-state index contributed by atoms with van der Waals surface area (Å²) in [4.78, 5) is 36.8. The van der Waals surface area contributed by atoms with Crippen LogP contribution in [0.3, 0.4) is 0 Å². The molecule has 0 spiro atoms. The topological polar surface area (TPSA) is 78.9 Å². The fraction of sp³-hybridized carbons (Fsp3) is 0.700. The van der Waals surface area contributed by atoms with Gasteiger partial charge in [0.15, 0.2) is 0 Å². The molecular formula is C30H50O6. The van der Waals surface area contributed by atoms with Gasteiger partial charge in [0.05, 0.1) is 6.10 Å². The first kappa shape index (κ1) is 33.6. The maximum absolute atomic E-state index is 12.3. The van der Waals surface area contributed by atoms with Crippen molar-refractivity contribution in [3.8, 4) is 0 Å². The van der Waals surface area contributed by atoms with Gasteiger partial charge in [-0.05, 0) is 91.4 Å². The van der Waals surface area contributed by atoms with Crippen molar-refractivity contribution < 1.29 is 28.6 Å². The zero-order valence-corrected chi connectivity index (χ0v) is 24.8. The van der Waals surface area contributed by atoms with Crippen LogP contribution in [0.15, 0.2) is 36.5 Å². The van der Waals surface area contributed by atoms with Crippen LogP contribution in [0.1, 0.15) is 102 Å². The molecule has 6 heteroatoms. The summed E-state index contributed by atoms with van der Waals surface area (Å²) in [6.07, 6.45) is 1.30. The van der Waals surface area contributed by atoms with Crippen molar-refractivity contribution in [2.45, 2.75) is 120 Å². The van der Waals surface area contributed by atoms with E-state index < -0.39 is 29.1 Å². The molecule has 0 aromatic heterocycles. The minimum absolute atomic E-state index is 0.0106. The van der Waals surface area contributed by atoms with E-state index in [-0.39, 0.29) is 22.9 Å². The van der Waals surface area contributed by atoms with E-state index in [2.05, 4.69) is 47.4 Å². The lowest BCUT2D eigenvalue weighted by Gasteiger charge is -2.50. The summed E-state index contributed by atoms with van der Waals surface area (Å²) >= 11 is 0. The summed E-state index contributed by atoms with van der Waals surface area (Å²) < 4.78 is 17.2. The Morgan fingerprint density at radius 3 is 1.22 bits per heavy atom. The molecule has 1 atom stereocenters. The quantitative estimate of drug-likeness (QED) is 0.142. The fourth-order valence-corrected chi connectivity index (χ4v) is 5.55. The summed E-state index contributed by atoms with van der Waals surface area (Å²) in [5, 5.41) is 0. The van der Waals surface area contributed by atoms with Gasteiger partial charge in [0.1, 0.15) is 11.2 Å². The molecule has 0 N–H and O–H groups in total. The van der Waals surface area contributed by atoms with Crippen LogP contribution < -0.4 is 0 Å². The average Bonchev–Trinajstić information content (AvgIpc) is 2.62. The van der Waals surface area contributed by atoms with Gasteiger partial charge in [-0.2, -0.15) is 0 Å². The van der Waals surface area contributed by atoms with E-state index in [1.165, 1.54) is 0 Å². The van der Waals surface area contributed by atoms with Gasteiger partial charge in [0.25, 0.3) is 0 Å². The summed E-state index contributed by atoms with van der Waals surface area (Å²) in [5.74, 6) is -1.29. The summed E-state index contributed by atoms with van der Waals surface area (Å²) in [7, 11) is 0. The number of esters is 3. The van der Waals surface area contributed by atoms with Gasteiger partial charge in [0, 0.05) is 16.7 Å². The van der Waals surface area contributed by atoms with Gasteiger partial charge in [0.2, 0.25) is 0 Å². The molecule has 0 saturated carbocycles. The highest BCUT2D eigenvalue weighted by Crippen LogP contribution is 2.51. The molecule has 0 saturated heterocycles. The smallest absolute Gasteiger partial charge is 0.333 e. The Hall–Kier alpha value is -2.37. The molecule has 36 heavy (non-hydrogen) atoms. The third-order valence-electron chi connectivity index (χ3n) is 6.31. The highest BCUT2D eigenvalue weighted by atomic mass is 16.6. The number of rotatable bonds is 14. The first-order valence-corrected chi connectivity index (χ1v) is 12.6. The van der Waals surface area contributed by atoms with Crippen LogP contribution in [0.25, 0.3) is 0 Å². The zero-order chi connectivity index (χ0) is 28.9. The summed E-state index contributed by atoms with van der Waals surface area (Å²) in [6.45, 7) is 33.9. The van der Waals surface area contributed by atoms with E-state index in [9.17, 15) is 14.4 Å². The standard InChI is InChI=1S/C30H50O6/c1-19(2)24(31)34-22(7)16-23(27(8,9)17-29(12,13)35-25(32)20(3)4)28(10,11)18-30(14,15)36-26(33)21(5)6/h22-23H,1,3,5,16-18H2,2,4,6-15H3. The minimum Gasteiger partial charge on any atom is -0.459 e. The van der Waals surface area contributed by atoms with Crippen molar-refractivity contribution in [2.24, 2.45) is 16.7 Å². The molecule has 0 amide bonds. The number of hydrogen-bond acceptors (Lipinski definition) is 6. The van der Waals surface area contributed by atoms with Crippen molar-refractivity contribution in [3.05, 3.63) is 36.5 Å². The molecule has 0 aromatic carbocycles. The Kier molecular flexibility index (Phi) is 11.4. The van der Waals surface area contributed by atoms with E-state index in [1.54, 1.807) is 20.8 Å². The van der Waals surface area contributed by atoms with Crippen LogP contribution in [0.5, 0.6) is 0 Å². The molecular weight excluding hydrogens is 456 g/mol. The number of carbonyl (C=O) groups excluding carboxylic acids is 3. The van der Waals surface area contributed by atoms with Gasteiger partial charge in [-0.25, -0.2) is 14.4 Å². The molecule has 0 aliphatic heterocycles. The lowest BCUT2D eigenvalue weighted by atomic mass is 9.57. The van der Waals surface area contributed by atoms with Crippen LogP contribution >= 0.6 is 0 Å². The lowest BCUT2D eigenvalue weighted by Crippen LogP contribution is -2.46. The Morgan fingerprint density at radius 2 is 0.944 bits per heavy atom. The molecule has 0 bridgehead atoms. The Labute approximate surface area is 219 Å². The normalized spacial score (nSPS) is 13.6. The van der Waals surface area contributed by atoms with E-state index in [0.29, 0.717) is 36.0 Å². The number of carbonyl (C=O) groups is 3. The minimum atomic E-state index is -0.757. The third kappa shape index (κ3) is 11.1. The van der Waals surface area contributed by atoms with E-state index >= 15 is 0 Å². The second kappa shape index (κ2) is 12.2. The molecule has 0 aromatic rings. The van der Waals surface area contributed by atoms with Gasteiger partial charge in [-0.1, -0.05) is 47.4 Å². The highest BCUT2D eigenvalue weighted by Gasteiger charge is 2.47. The van der Waals surface area contributed by atoms with Crippen LogP contribution in [0, 0.1) is 16.7 Å². The Bertz CT molecular complexity index is 818. The molecule has 1 unspecified atom stereocenters. The molecule has 206 valence electrons. The fourth-order valence-electron chi connectivity index (χ4n) is 5.55. The summed E-state index contributed by atoms with van der Waals surface area (Å²) in [5.41, 5.74) is -1.20. The van der Waals surface area contributed by atoms with Gasteiger partial charge >= 0.3 is 17.9 Å². The monoisotopic (exact) mass is 506 g/mol. The molecule has 0 aliphatic carbocycles. The number of hydrogen-bond donors (Lipinski definition) is 0.